The number of carboxylic acid groups (broad SMARTS) is 1. The predicted molar refractivity (Wildman–Crippen MR) is 61.6 cm³/mol. The van der Waals surface area contributed by atoms with Crippen molar-refractivity contribution in [2.75, 3.05) is 5.33 Å². The van der Waals surface area contributed by atoms with Gasteiger partial charge in [-0.3, -0.25) is 10.1 Å². The number of rotatable bonds is 5. The summed E-state index contributed by atoms with van der Waals surface area (Å²) in [5.41, 5.74) is 1.13. The predicted octanol–water partition coefficient (Wildman–Crippen LogP) is 2.10. The van der Waals surface area contributed by atoms with Crippen LogP contribution in [0.3, 0.4) is 0 Å². The molecular formula is C10H10BrNO4. The monoisotopic (exact) mass is 287 g/mol. The third kappa shape index (κ3) is 3.30. The van der Waals surface area contributed by atoms with E-state index < -0.39 is 17.4 Å². The lowest BCUT2D eigenvalue weighted by atomic mass is 10.0. The first-order valence-electron chi connectivity index (χ1n) is 4.57. The molecule has 86 valence electrons. The van der Waals surface area contributed by atoms with Crippen molar-refractivity contribution in [3.8, 4) is 0 Å². The molecule has 16 heavy (non-hydrogen) atoms. The Labute approximate surface area is 100 Å². The zero-order valence-electron chi connectivity index (χ0n) is 8.35. The van der Waals surface area contributed by atoms with Gasteiger partial charge >= 0.3 is 5.97 Å². The number of alkyl halides is 1. The largest absolute Gasteiger partial charge is 0.478 e. The van der Waals surface area contributed by atoms with E-state index in [1.807, 2.05) is 0 Å². The van der Waals surface area contributed by atoms with Crippen molar-refractivity contribution < 1.29 is 14.8 Å². The number of nitrogens with zero attached hydrogens (tertiary/aromatic N) is 1. The first kappa shape index (κ1) is 12.6. The highest BCUT2D eigenvalue weighted by molar-refractivity contribution is 9.09. The Kier molecular flexibility index (Phi) is 4.42. The molecule has 6 heteroatoms. The Morgan fingerprint density at radius 2 is 2.19 bits per heavy atom. The maximum atomic E-state index is 10.8. The molecule has 1 aromatic carbocycles. The molecule has 0 saturated heterocycles. The highest BCUT2D eigenvalue weighted by atomic mass is 79.9. The van der Waals surface area contributed by atoms with E-state index in [2.05, 4.69) is 15.9 Å². The summed E-state index contributed by atoms with van der Waals surface area (Å²) in [7, 11) is 0. The van der Waals surface area contributed by atoms with Crippen LogP contribution in [0.15, 0.2) is 18.2 Å². The lowest BCUT2D eigenvalue weighted by Gasteiger charge is -2.04. The van der Waals surface area contributed by atoms with Gasteiger partial charge in [0, 0.05) is 15.8 Å². The maximum Gasteiger partial charge on any atom is 0.336 e. The second-order valence-corrected chi connectivity index (χ2v) is 4.02. The molecule has 5 nitrogen and oxygen atoms in total. The van der Waals surface area contributed by atoms with Crippen molar-refractivity contribution in [1.29, 1.82) is 0 Å². The standard InChI is InChI=1S/C10H10BrNO4/c11-4-3-7-1-2-9(10(13)14)8(5-7)6-12(15)16/h1-2,5H,3-4,6H2,(H,13,14). The van der Waals surface area contributed by atoms with Crippen molar-refractivity contribution in [2.24, 2.45) is 0 Å². The highest BCUT2D eigenvalue weighted by Crippen LogP contribution is 2.14. The topological polar surface area (TPSA) is 80.4 Å². The van der Waals surface area contributed by atoms with Crippen LogP contribution < -0.4 is 0 Å². The van der Waals surface area contributed by atoms with Crippen molar-refractivity contribution >= 4 is 21.9 Å². The van der Waals surface area contributed by atoms with Crippen LogP contribution >= 0.6 is 15.9 Å². The van der Waals surface area contributed by atoms with Crippen molar-refractivity contribution in [3.05, 3.63) is 45.0 Å². The zero-order valence-corrected chi connectivity index (χ0v) is 9.94. The van der Waals surface area contributed by atoms with E-state index >= 15 is 0 Å². The van der Waals surface area contributed by atoms with E-state index in [-0.39, 0.29) is 11.1 Å². The van der Waals surface area contributed by atoms with Crippen LogP contribution in [0.2, 0.25) is 0 Å². The second kappa shape index (κ2) is 5.60. The van der Waals surface area contributed by atoms with Gasteiger partial charge in [-0.1, -0.05) is 22.0 Å². The molecule has 0 aliphatic heterocycles. The summed E-state index contributed by atoms with van der Waals surface area (Å²) in [4.78, 5) is 20.7. The normalized spacial score (nSPS) is 10.1. The Hall–Kier alpha value is -1.43. The van der Waals surface area contributed by atoms with Crippen LogP contribution in [-0.2, 0) is 13.0 Å². The molecule has 0 aliphatic rings. The second-order valence-electron chi connectivity index (χ2n) is 3.23. The molecule has 1 aromatic rings. The van der Waals surface area contributed by atoms with Crippen molar-refractivity contribution in [1.82, 2.24) is 0 Å². The molecule has 0 unspecified atom stereocenters. The van der Waals surface area contributed by atoms with Gasteiger partial charge in [0.1, 0.15) is 0 Å². The molecule has 0 aliphatic carbocycles. The number of carbonyl (C=O) groups is 1. The van der Waals surface area contributed by atoms with Gasteiger partial charge in [-0.2, -0.15) is 0 Å². The first-order valence-corrected chi connectivity index (χ1v) is 5.69. The SMILES string of the molecule is O=C(O)c1ccc(CCBr)cc1C[N+](=O)[O-]. The minimum absolute atomic E-state index is 0.00461. The number of aryl methyl sites for hydroxylation is 1. The van der Waals surface area contributed by atoms with Crippen molar-refractivity contribution in [2.45, 2.75) is 13.0 Å². The molecule has 0 amide bonds. The van der Waals surface area contributed by atoms with Crippen LogP contribution in [-0.4, -0.2) is 21.3 Å². The summed E-state index contributed by atoms with van der Waals surface area (Å²) in [5, 5.41) is 20.0. The van der Waals surface area contributed by atoms with E-state index in [0.29, 0.717) is 6.42 Å². The number of benzene rings is 1. The van der Waals surface area contributed by atoms with Crippen LogP contribution in [0.25, 0.3) is 0 Å². The average Bonchev–Trinajstić information content (AvgIpc) is 2.16. The van der Waals surface area contributed by atoms with Gasteiger partial charge in [0.15, 0.2) is 0 Å². The van der Waals surface area contributed by atoms with E-state index in [9.17, 15) is 14.9 Å². The molecule has 0 atom stereocenters. The molecule has 0 heterocycles. The Bertz CT molecular complexity index is 419. The van der Waals surface area contributed by atoms with E-state index in [4.69, 9.17) is 5.11 Å². The summed E-state index contributed by atoms with van der Waals surface area (Å²) in [5.74, 6) is -1.14. The Morgan fingerprint density at radius 3 is 2.69 bits per heavy atom. The fourth-order valence-corrected chi connectivity index (χ4v) is 1.85. The minimum Gasteiger partial charge on any atom is -0.478 e. The number of aromatic carboxylic acids is 1. The molecule has 0 radical (unpaired) electrons. The number of nitro groups is 1. The maximum absolute atomic E-state index is 10.8. The lowest BCUT2D eigenvalue weighted by Crippen LogP contribution is -2.08. The van der Waals surface area contributed by atoms with Crippen molar-refractivity contribution in [3.63, 3.8) is 0 Å². The smallest absolute Gasteiger partial charge is 0.336 e. The number of halogens is 1. The molecule has 0 spiro atoms. The van der Waals surface area contributed by atoms with Gasteiger partial charge in [-0.05, 0) is 24.1 Å². The van der Waals surface area contributed by atoms with E-state index in [0.717, 1.165) is 10.9 Å². The third-order valence-electron chi connectivity index (χ3n) is 2.08. The van der Waals surface area contributed by atoms with Gasteiger partial charge in [0.05, 0.1) is 5.56 Å². The zero-order chi connectivity index (χ0) is 12.1. The molecule has 1 N–H and O–H groups in total. The van der Waals surface area contributed by atoms with Gasteiger partial charge in [0.2, 0.25) is 6.54 Å². The summed E-state index contributed by atoms with van der Waals surface area (Å²) < 4.78 is 0. The fraction of sp³-hybridized carbons (Fsp3) is 0.300. The van der Waals surface area contributed by atoms with Crippen LogP contribution in [0, 0.1) is 10.1 Å². The average molecular weight is 288 g/mol. The van der Waals surface area contributed by atoms with Gasteiger partial charge < -0.3 is 5.11 Å². The third-order valence-corrected chi connectivity index (χ3v) is 2.48. The lowest BCUT2D eigenvalue weighted by molar-refractivity contribution is -0.496. The molecule has 0 fully saturated rings. The Balaban J connectivity index is 3.10. The highest BCUT2D eigenvalue weighted by Gasteiger charge is 2.14. The van der Waals surface area contributed by atoms with Gasteiger partial charge in [-0.15, -0.1) is 0 Å². The molecule has 0 bridgehead atoms. The first-order chi connectivity index (χ1) is 7.54. The van der Waals surface area contributed by atoms with Crippen LogP contribution in [0.1, 0.15) is 21.5 Å². The summed E-state index contributed by atoms with van der Waals surface area (Å²) in [6.45, 7) is -0.461. The van der Waals surface area contributed by atoms with Crippen LogP contribution in [0.4, 0.5) is 0 Å². The molecular weight excluding hydrogens is 278 g/mol. The Morgan fingerprint density at radius 1 is 1.50 bits per heavy atom. The van der Waals surface area contributed by atoms with Gasteiger partial charge in [-0.25, -0.2) is 4.79 Å². The van der Waals surface area contributed by atoms with Gasteiger partial charge in [0.25, 0.3) is 0 Å². The van der Waals surface area contributed by atoms with E-state index in [1.54, 1.807) is 12.1 Å². The number of hydrogen-bond donors (Lipinski definition) is 1. The summed E-state index contributed by atoms with van der Waals surface area (Å²) in [6, 6.07) is 4.67. The van der Waals surface area contributed by atoms with Crippen LogP contribution in [0.5, 0.6) is 0 Å². The number of hydrogen-bond acceptors (Lipinski definition) is 3. The minimum atomic E-state index is -1.14. The summed E-state index contributed by atoms with van der Waals surface area (Å²) in [6.07, 6.45) is 0.713. The molecule has 1 rings (SSSR count). The summed E-state index contributed by atoms with van der Waals surface area (Å²) >= 11 is 3.26. The fourth-order valence-electron chi connectivity index (χ4n) is 1.39. The molecule has 0 saturated carbocycles. The number of carboxylic acids is 1. The molecule has 0 aromatic heterocycles. The quantitative estimate of drug-likeness (QED) is 0.511. The van der Waals surface area contributed by atoms with E-state index in [1.165, 1.54) is 6.07 Å².